The van der Waals surface area contributed by atoms with Crippen molar-refractivity contribution in [3.05, 3.63) is 56.5 Å². The predicted molar refractivity (Wildman–Crippen MR) is 104 cm³/mol. The van der Waals surface area contributed by atoms with Gasteiger partial charge in [-0.05, 0) is 61.7 Å². The average Bonchev–Trinajstić information content (AvgIpc) is 2.57. The standard InChI is InChI=1S/C17H15Br2F2N3O2/c1-17(20,21)11-2-4-12(5-3-11)22-9-15(25)24-23-8-10-6-13(18)16(26)14(19)7-10/h2-8,22,26H,9H2,1H3,(H,24,25)/b23-8+. The Bertz CT molecular complexity index is 799. The third-order valence-corrected chi connectivity index (χ3v) is 4.50. The zero-order valence-corrected chi connectivity index (χ0v) is 16.7. The summed E-state index contributed by atoms with van der Waals surface area (Å²) < 4.78 is 27.2. The van der Waals surface area contributed by atoms with Crippen molar-refractivity contribution in [3.63, 3.8) is 0 Å². The normalized spacial score (nSPS) is 11.6. The molecule has 2 aromatic carbocycles. The highest BCUT2D eigenvalue weighted by Gasteiger charge is 2.23. The van der Waals surface area contributed by atoms with Crippen molar-refractivity contribution >= 4 is 49.7 Å². The molecule has 0 unspecified atom stereocenters. The lowest BCUT2D eigenvalue weighted by Gasteiger charge is -2.11. The molecule has 0 radical (unpaired) electrons. The van der Waals surface area contributed by atoms with Crippen LogP contribution >= 0.6 is 31.9 Å². The molecule has 0 aromatic heterocycles. The number of alkyl halides is 2. The highest BCUT2D eigenvalue weighted by molar-refractivity contribution is 9.11. The molecule has 9 heteroatoms. The van der Waals surface area contributed by atoms with Gasteiger partial charge in [-0.3, -0.25) is 4.79 Å². The molecule has 0 saturated carbocycles. The van der Waals surface area contributed by atoms with Crippen molar-refractivity contribution in [2.45, 2.75) is 12.8 Å². The number of benzene rings is 2. The molecular formula is C17H15Br2F2N3O2. The maximum Gasteiger partial charge on any atom is 0.270 e. The lowest BCUT2D eigenvalue weighted by Crippen LogP contribution is -2.25. The van der Waals surface area contributed by atoms with E-state index in [1.165, 1.54) is 30.5 Å². The summed E-state index contributed by atoms with van der Waals surface area (Å²) >= 11 is 6.40. The molecule has 0 bridgehead atoms. The highest BCUT2D eigenvalue weighted by atomic mass is 79.9. The zero-order valence-electron chi connectivity index (χ0n) is 13.6. The van der Waals surface area contributed by atoms with Crippen LogP contribution in [0.1, 0.15) is 18.1 Å². The van der Waals surface area contributed by atoms with Crippen molar-refractivity contribution in [1.29, 1.82) is 0 Å². The van der Waals surface area contributed by atoms with Crippen LogP contribution in [-0.2, 0) is 10.7 Å². The molecule has 0 heterocycles. The third-order valence-electron chi connectivity index (χ3n) is 3.29. The third kappa shape index (κ3) is 5.77. The number of hydrazone groups is 1. The Kier molecular flexibility index (Phi) is 6.71. The second-order valence-electron chi connectivity index (χ2n) is 5.45. The summed E-state index contributed by atoms with van der Waals surface area (Å²) in [5.74, 6) is -3.23. The van der Waals surface area contributed by atoms with Crippen LogP contribution in [0.15, 0.2) is 50.4 Å². The van der Waals surface area contributed by atoms with Gasteiger partial charge in [0.15, 0.2) is 0 Å². The van der Waals surface area contributed by atoms with Crippen molar-refractivity contribution in [2.24, 2.45) is 5.10 Å². The zero-order chi connectivity index (χ0) is 19.3. The number of hydrogen-bond acceptors (Lipinski definition) is 4. The van der Waals surface area contributed by atoms with Crippen molar-refractivity contribution < 1.29 is 18.7 Å². The van der Waals surface area contributed by atoms with Gasteiger partial charge < -0.3 is 10.4 Å². The predicted octanol–water partition coefficient (Wildman–Crippen LogP) is 4.59. The number of phenolic OH excluding ortho intramolecular Hbond substituents is 1. The molecule has 138 valence electrons. The molecule has 2 rings (SSSR count). The lowest BCUT2D eigenvalue weighted by molar-refractivity contribution is -0.119. The van der Waals surface area contributed by atoms with Gasteiger partial charge in [-0.2, -0.15) is 5.10 Å². The number of hydrogen-bond donors (Lipinski definition) is 3. The smallest absolute Gasteiger partial charge is 0.270 e. The molecule has 0 aliphatic heterocycles. The molecular weight excluding hydrogens is 476 g/mol. The Hall–Kier alpha value is -2.00. The number of halogens is 4. The summed E-state index contributed by atoms with van der Waals surface area (Å²) in [7, 11) is 0. The van der Waals surface area contributed by atoms with E-state index in [4.69, 9.17) is 0 Å². The van der Waals surface area contributed by atoms with E-state index in [-0.39, 0.29) is 17.9 Å². The quantitative estimate of drug-likeness (QED) is 0.409. The van der Waals surface area contributed by atoms with Crippen LogP contribution in [0, 0.1) is 0 Å². The number of aromatic hydroxyl groups is 1. The first-order valence-electron chi connectivity index (χ1n) is 7.39. The molecule has 0 aliphatic rings. The number of carbonyl (C=O) groups is 1. The summed E-state index contributed by atoms with van der Waals surface area (Å²) in [4.78, 5) is 11.8. The molecule has 2 aromatic rings. The van der Waals surface area contributed by atoms with E-state index in [1.54, 1.807) is 12.1 Å². The molecule has 0 atom stereocenters. The van der Waals surface area contributed by atoms with Gasteiger partial charge in [-0.1, -0.05) is 12.1 Å². The molecule has 0 fully saturated rings. The Morgan fingerprint density at radius 3 is 2.35 bits per heavy atom. The SMILES string of the molecule is CC(F)(F)c1ccc(NCC(=O)N/N=C/c2cc(Br)c(O)c(Br)c2)cc1. The fraction of sp³-hybridized carbons (Fsp3) is 0.176. The van der Waals surface area contributed by atoms with Gasteiger partial charge in [0.25, 0.3) is 11.8 Å². The van der Waals surface area contributed by atoms with Gasteiger partial charge in [-0.25, -0.2) is 14.2 Å². The number of amides is 1. The van der Waals surface area contributed by atoms with Crippen LogP contribution in [0.3, 0.4) is 0 Å². The molecule has 0 saturated heterocycles. The maximum absolute atomic E-state index is 13.1. The van der Waals surface area contributed by atoms with Gasteiger partial charge in [-0.15, -0.1) is 0 Å². The molecule has 3 N–H and O–H groups in total. The van der Waals surface area contributed by atoms with E-state index in [1.807, 2.05) is 0 Å². The number of anilines is 1. The van der Waals surface area contributed by atoms with E-state index < -0.39 is 11.8 Å². The first-order valence-corrected chi connectivity index (χ1v) is 8.97. The largest absolute Gasteiger partial charge is 0.506 e. The second kappa shape index (κ2) is 8.59. The summed E-state index contributed by atoms with van der Waals surface area (Å²) in [5, 5.41) is 16.3. The van der Waals surface area contributed by atoms with Gasteiger partial charge in [0.1, 0.15) is 5.75 Å². The van der Waals surface area contributed by atoms with Crippen molar-refractivity contribution in [3.8, 4) is 5.75 Å². The molecule has 5 nitrogen and oxygen atoms in total. The molecule has 0 aliphatic carbocycles. The number of carbonyl (C=O) groups excluding carboxylic acids is 1. The Balaban J connectivity index is 1.85. The molecule has 0 spiro atoms. The summed E-state index contributed by atoms with van der Waals surface area (Å²) in [6.45, 7) is 0.758. The van der Waals surface area contributed by atoms with Crippen molar-refractivity contribution in [2.75, 3.05) is 11.9 Å². The first kappa shape index (κ1) is 20.3. The molecule has 26 heavy (non-hydrogen) atoms. The Labute approximate surface area is 165 Å². The van der Waals surface area contributed by atoms with Crippen LogP contribution in [0.5, 0.6) is 5.75 Å². The van der Waals surface area contributed by atoms with Gasteiger partial charge in [0, 0.05) is 18.2 Å². The van der Waals surface area contributed by atoms with Gasteiger partial charge in [0.2, 0.25) is 0 Å². The lowest BCUT2D eigenvalue weighted by atomic mass is 10.1. The number of nitrogens with one attached hydrogen (secondary N) is 2. The average molecular weight is 491 g/mol. The fourth-order valence-electron chi connectivity index (χ4n) is 1.94. The van der Waals surface area contributed by atoms with Crippen molar-refractivity contribution in [1.82, 2.24) is 5.43 Å². The van der Waals surface area contributed by atoms with Crippen LogP contribution in [0.4, 0.5) is 14.5 Å². The minimum absolute atomic E-state index is 0.0673. The number of nitrogens with zero attached hydrogens (tertiary/aromatic N) is 1. The first-order chi connectivity index (χ1) is 12.2. The summed E-state index contributed by atoms with van der Waals surface area (Å²) in [5.41, 5.74) is 3.45. The van der Waals surface area contributed by atoms with E-state index in [2.05, 4.69) is 47.7 Å². The topological polar surface area (TPSA) is 73.7 Å². The summed E-state index contributed by atoms with van der Waals surface area (Å²) in [6.07, 6.45) is 1.42. The minimum atomic E-state index is -2.90. The van der Waals surface area contributed by atoms with Crippen LogP contribution in [-0.4, -0.2) is 23.8 Å². The Morgan fingerprint density at radius 2 is 1.81 bits per heavy atom. The highest BCUT2D eigenvalue weighted by Crippen LogP contribution is 2.32. The summed E-state index contributed by atoms with van der Waals surface area (Å²) in [6, 6.07) is 8.85. The van der Waals surface area contributed by atoms with Crippen LogP contribution in [0.25, 0.3) is 0 Å². The van der Waals surface area contributed by atoms with E-state index in [9.17, 15) is 18.7 Å². The monoisotopic (exact) mass is 489 g/mol. The fourth-order valence-corrected chi connectivity index (χ4v) is 3.16. The van der Waals surface area contributed by atoms with Crippen LogP contribution < -0.4 is 10.7 Å². The molecule has 1 amide bonds. The van der Waals surface area contributed by atoms with Crippen LogP contribution in [0.2, 0.25) is 0 Å². The second-order valence-corrected chi connectivity index (χ2v) is 7.15. The maximum atomic E-state index is 13.1. The van der Waals surface area contributed by atoms with Gasteiger partial charge in [0.05, 0.1) is 21.7 Å². The number of phenols is 1. The van der Waals surface area contributed by atoms with Gasteiger partial charge >= 0.3 is 0 Å². The number of rotatable bonds is 6. The Morgan fingerprint density at radius 1 is 1.23 bits per heavy atom. The van der Waals surface area contributed by atoms with E-state index >= 15 is 0 Å². The van der Waals surface area contributed by atoms with E-state index in [0.717, 1.165) is 6.92 Å². The van der Waals surface area contributed by atoms with E-state index in [0.29, 0.717) is 20.2 Å². The minimum Gasteiger partial charge on any atom is -0.506 e.